The molecule has 1 aliphatic heterocycles. The van der Waals surface area contributed by atoms with E-state index in [0.29, 0.717) is 10.0 Å². The fourth-order valence-electron chi connectivity index (χ4n) is 3.38. The van der Waals surface area contributed by atoms with Gasteiger partial charge in [-0.15, -0.1) is 11.8 Å². The Hall–Kier alpha value is -2.07. The Balaban J connectivity index is 2.05. The minimum Gasteiger partial charge on any atom is -0.508 e. The number of fused-ring (bicyclic) bond motifs is 1. The molecule has 3 aromatic rings. The first-order valence-electron chi connectivity index (χ1n) is 8.47. The Labute approximate surface area is 172 Å². The third-order valence-electron chi connectivity index (χ3n) is 4.54. The predicted octanol–water partition coefficient (Wildman–Crippen LogP) is 6.86. The van der Waals surface area contributed by atoms with E-state index in [4.69, 9.17) is 23.2 Å². The van der Waals surface area contributed by atoms with Crippen LogP contribution in [0.25, 0.3) is 11.1 Å². The van der Waals surface area contributed by atoms with Gasteiger partial charge >= 0.3 is 0 Å². The highest BCUT2D eigenvalue weighted by atomic mass is 35.5. The molecule has 1 heterocycles. The molecule has 0 spiro atoms. The van der Waals surface area contributed by atoms with Crippen LogP contribution in [0, 0.1) is 0 Å². The second-order valence-electron chi connectivity index (χ2n) is 6.31. The number of halogens is 2. The van der Waals surface area contributed by atoms with Gasteiger partial charge in [0.05, 0.1) is 0 Å². The van der Waals surface area contributed by atoms with E-state index in [9.17, 15) is 10.2 Å². The molecule has 0 saturated heterocycles. The van der Waals surface area contributed by atoms with E-state index >= 15 is 0 Å². The zero-order valence-corrected chi connectivity index (χ0v) is 16.6. The summed E-state index contributed by atoms with van der Waals surface area (Å²) in [5.74, 6) is 1.30. The lowest BCUT2D eigenvalue weighted by Crippen LogP contribution is -1.96. The minimum absolute atomic E-state index is 0.207. The zero-order chi connectivity index (χ0) is 19.0. The third-order valence-corrected chi connectivity index (χ3v) is 6.14. The van der Waals surface area contributed by atoms with Gasteiger partial charge in [0, 0.05) is 20.7 Å². The van der Waals surface area contributed by atoms with Crippen LogP contribution < -0.4 is 0 Å². The number of benzene rings is 3. The van der Waals surface area contributed by atoms with E-state index in [1.54, 1.807) is 42.1 Å². The summed E-state index contributed by atoms with van der Waals surface area (Å²) in [6, 6.07) is 18.2. The quantitative estimate of drug-likeness (QED) is 0.480. The molecule has 0 bridgehead atoms. The summed E-state index contributed by atoms with van der Waals surface area (Å²) in [5.41, 5.74) is 4.96. The molecule has 2 N–H and O–H groups in total. The fourth-order valence-corrected chi connectivity index (χ4v) is 4.96. The van der Waals surface area contributed by atoms with Crippen molar-refractivity contribution in [1.29, 1.82) is 0 Å². The van der Waals surface area contributed by atoms with Crippen molar-refractivity contribution in [1.82, 2.24) is 0 Å². The Bertz CT molecular complexity index is 1060. The minimum atomic E-state index is 0.207. The van der Waals surface area contributed by atoms with Gasteiger partial charge in [0.2, 0.25) is 0 Å². The van der Waals surface area contributed by atoms with Crippen LogP contribution in [0.5, 0.6) is 11.5 Å². The molecule has 0 radical (unpaired) electrons. The molecule has 0 saturated carbocycles. The second-order valence-corrected chi connectivity index (χ2v) is 8.29. The molecule has 0 fully saturated rings. The third kappa shape index (κ3) is 3.68. The normalized spacial score (nSPS) is 14.0. The van der Waals surface area contributed by atoms with Crippen molar-refractivity contribution >= 4 is 46.1 Å². The molecular weight excluding hydrogens is 399 g/mol. The maximum atomic E-state index is 10.0. The van der Waals surface area contributed by atoms with Crippen LogP contribution in [0.2, 0.25) is 10.0 Å². The fraction of sp³-hybridized carbons (Fsp3) is 0.0909. The van der Waals surface area contributed by atoms with E-state index in [2.05, 4.69) is 0 Å². The molecule has 0 unspecified atom stereocenters. The van der Waals surface area contributed by atoms with Gasteiger partial charge in [0.15, 0.2) is 0 Å². The van der Waals surface area contributed by atoms with Crippen molar-refractivity contribution in [2.75, 3.05) is 5.75 Å². The number of phenols is 2. The van der Waals surface area contributed by atoms with Crippen LogP contribution >= 0.6 is 35.0 Å². The molecule has 0 aliphatic carbocycles. The lowest BCUT2D eigenvalue weighted by molar-refractivity contribution is 0.473. The highest BCUT2D eigenvalue weighted by Gasteiger charge is 2.22. The first-order chi connectivity index (χ1) is 13.0. The number of thioether (sulfide) groups is 1. The van der Waals surface area contributed by atoms with Crippen molar-refractivity contribution in [2.24, 2.45) is 0 Å². The Kier molecular flexibility index (Phi) is 5.09. The van der Waals surface area contributed by atoms with Crippen molar-refractivity contribution in [3.05, 3.63) is 87.4 Å². The van der Waals surface area contributed by atoms with Crippen LogP contribution in [0.3, 0.4) is 0 Å². The molecule has 3 aromatic carbocycles. The van der Waals surface area contributed by atoms with E-state index in [1.165, 1.54) is 0 Å². The number of rotatable bonds is 2. The van der Waals surface area contributed by atoms with Gasteiger partial charge in [0.1, 0.15) is 11.5 Å². The molecule has 0 aromatic heterocycles. The van der Waals surface area contributed by atoms with Gasteiger partial charge in [-0.05, 0) is 76.7 Å². The average molecular weight is 415 g/mol. The standard InChI is InChI=1S/C22H16Cl2O2S/c23-14-4-6-17(20(24)11-14)18-8-9-27-21-12-16(26)5-7-19(21)22(18)13-2-1-3-15(25)10-13/h1-7,10-12,25-26H,8-9H2. The molecule has 2 nitrogen and oxygen atoms in total. The molecule has 5 heteroatoms. The van der Waals surface area contributed by atoms with Gasteiger partial charge in [-0.25, -0.2) is 0 Å². The van der Waals surface area contributed by atoms with Crippen molar-refractivity contribution in [3.8, 4) is 11.5 Å². The number of aromatic hydroxyl groups is 2. The highest BCUT2D eigenvalue weighted by Crippen LogP contribution is 2.45. The molecule has 0 atom stereocenters. The Morgan fingerprint density at radius 2 is 1.59 bits per heavy atom. The zero-order valence-electron chi connectivity index (χ0n) is 14.2. The summed E-state index contributed by atoms with van der Waals surface area (Å²) >= 11 is 14.3. The number of hydrogen-bond acceptors (Lipinski definition) is 3. The molecule has 0 amide bonds. The van der Waals surface area contributed by atoms with Crippen molar-refractivity contribution in [3.63, 3.8) is 0 Å². The van der Waals surface area contributed by atoms with Crippen LogP contribution in [0.4, 0.5) is 0 Å². The van der Waals surface area contributed by atoms with Crippen LogP contribution in [-0.2, 0) is 0 Å². The topological polar surface area (TPSA) is 40.5 Å². The molecule has 136 valence electrons. The van der Waals surface area contributed by atoms with E-state index in [1.807, 2.05) is 30.3 Å². The first kappa shape index (κ1) is 18.3. The summed E-state index contributed by atoms with van der Waals surface area (Å²) < 4.78 is 0. The van der Waals surface area contributed by atoms with Crippen LogP contribution in [0.15, 0.2) is 65.6 Å². The van der Waals surface area contributed by atoms with Gasteiger partial charge in [-0.3, -0.25) is 0 Å². The lowest BCUT2D eigenvalue weighted by atomic mass is 9.88. The highest BCUT2D eigenvalue weighted by molar-refractivity contribution is 7.99. The smallest absolute Gasteiger partial charge is 0.116 e. The molecular formula is C22H16Cl2O2S. The summed E-state index contributed by atoms with van der Waals surface area (Å²) in [6.07, 6.45) is 0.798. The van der Waals surface area contributed by atoms with E-state index in [0.717, 1.165) is 44.9 Å². The van der Waals surface area contributed by atoms with E-state index in [-0.39, 0.29) is 11.5 Å². The molecule has 27 heavy (non-hydrogen) atoms. The summed E-state index contributed by atoms with van der Waals surface area (Å²) in [6.45, 7) is 0. The van der Waals surface area contributed by atoms with Crippen LogP contribution in [-0.4, -0.2) is 16.0 Å². The lowest BCUT2D eigenvalue weighted by Gasteiger charge is -2.17. The largest absolute Gasteiger partial charge is 0.508 e. The SMILES string of the molecule is Oc1cccc(C2=C(c3ccc(Cl)cc3Cl)CCSc3cc(O)ccc32)c1. The summed E-state index contributed by atoms with van der Waals surface area (Å²) in [7, 11) is 0. The van der Waals surface area contributed by atoms with Crippen LogP contribution in [0.1, 0.15) is 23.1 Å². The molecule has 4 rings (SSSR count). The van der Waals surface area contributed by atoms with Gasteiger partial charge in [-0.1, -0.05) is 41.4 Å². The average Bonchev–Trinajstić information content (AvgIpc) is 2.80. The van der Waals surface area contributed by atoms with Gasteiger partial charge < -0.3 is 10.2 Å². The number of allylic oxidation sites excluding steroid dienone is 1. The van der Waals surface area contributed by atoms with Gasteiger partial charge in [-0.2, -0.15) is 0 Å². The maximum Gasteiger partial charge on any atom is 0.116 e. The monoisotopic (exact) mass is 414 g/mol. The van der Waals surface area contributed by atoms with Gasteiger partial charge in [0.25, 0.3) is 0 Å². The van der Waals surface area contributed by atoms with Crippen molar-refractivity contribution in [2.45, 2.75) is 11.3 Å². The Morgan fingerprint density at radius 1 is 0.815 bits per heavy atom. The number of phenolic OH excluding ortho intramolecular Hbond substituents is 2. The molecule has 1 aliphatic rings. The van der Waals surface area contributed by atoms with Crippen molar-refractivity contribution < 1.29 is 10.2 Å². The second kappa shape index (κ2) is 7.51. The summed E-state index contributed by atoms with van der Waals surface area (Å²) in [4.78, 5) is 1.01. The predicted molar refractivity (Wildman–Crippen MR) is 114 cm³/mol. The first-order valence-corrected chi connectivity index (χ1v) is 10.2. The maximum absolute atomic E-state index is 10.0. The Morgan fingerprint density at radius 3 is 2.37 bits per heavy atom. The number of hydrogen-bond donors (Lipinski definition) is 2. The summed E-state index contributed by atoms with van der Waals surface area (Å²) in [5, 5.41) is 21.2. The van der Waals surface area contributed by atoms with E-state index < -0.39 is 0 Å².